The number of aromatic amines is 1. The van der Waals surface area contributed by atoms with Gasteiger partial charge >= 0.3 is 0 Å². The Kier molecular flexibility index (Phi) is 3.25. The summed E-state index contributed by atoms with van der Waals surface area (Å²) in [4.78, 5) is 3.08. The molecule has 78 valence electrons. The second kappa shape index (κ2) is 4.65. The molecule has 2 rings (SSSR count). The summed E-state index contributed by atoms with van der Waals surface area (Å²) in [5.41, 5.74) is 1.36. The fourth-order valence-electron chi connectivity index (χ4n) is 2.40. The zero-order valence-corrected chi connectivity index (χ0v) is 8.92. The standard InChI is InChI=1S/C12H20N2/c1-10-2-3-11(6-10)7-14-9-12-4-5-13-8-12/h4-5,8,10-11,13-14H,2-3,6-7,9H2,1H3. The molecular formula is C12H20N2. The molecule has 0 spiro atoms. The van der Waals surface area contributed by atoms with Crippen molar-refractivity contribution in [1.29, 1.82) is 0 Å². The van der Waals surface area contributed by atoms with E-state index in [1.165, 1.54) is 31.4 Å². The second-order valence-electron chi connectivity index (χ2n) is 4.63. The molecule has 2 N–H and O–H groups in total. The van der Waals surface area contributed by atoms with E-state index in [-0.39, 0.29) is 0 Å². The summed E-state index contributed by atoms with van der Waals surface area (Å²) in [5.74, 6) is 1.87. The van der Waals surface area contributed by atoms with Gasteiger partial charge in [-0.1, -0.05) is 13.3 Å². The van der Waals surface area contributed by atoms with Gasteiger partial charge in [-0.2, -0.15) is 0 Å². The molecule has 0 amide bonds. The molecule has 2 nitrogen and oxygen atoms in total. The maximum absolute atomic E-state index is 3.53. The van der Waals surface area contributed by atoms with Crippen molar-refractivity contribution >= 4 is 0 Å². The molecule has 0 aliphatic heterocycles. The van der Waals surface area contributed by atoms with Crippen LogP contribution in [0.25, 0.3) is 0 Å². The van der Waals surface area contributed by atoms with Crippen LogP contribution in [0, 0.1) is 11.8 Å². The van der Waals surface area contributed by atoms with Gasteiger partial charge < -0.3 is 10.3 Å². The Labute approximate surface area is 86.1 Å². The van der Waals surface area contributed by atoms with Crippen LogP contribution in [-0.2, 0) is 6.54 Å². The summed E-state index contributed by atoms with van der Waals surface area (Å²) in [6, 6.07) is 2.13. The Morgan fingerprint density at radius 3 is 3.07 bits per heavy atom. The van der Waals surface area contributed by atoms with E-state index < -0.39 is 0 Å². The molecule has 1 aliphatic rings. The lowest BCUT2D eigenvalue weighted by Crippen LogP contribution is -2.20. The van der Waals surface area contributed by atoms with Crippen LogP contribution >= 0.6 is 0 Å². The molecule has 1 saturated carbocycles. The lowest BCUT2D eigenvalue weighted by atomic mass is 10.1. The van der Waals surface area contributed by atoms with Crippen molar-refractivity contribution in [3.8, 4) is 0 Å². The van der Waals surface area contributed by atoms with Gasteiger partial charge in [-0.3, -0.25) is 0 Å². The predicted octanol–water partition coefficient (Wildman–Crippen LogP) is 2.54. The average molecular weight is 192 g/mol. The zero-order valence-electron chi connectivity index (χ0n) is 8.92. The lowest BCUT2D eigenvalue weighted by molar-refractivity contribution is 0.471. The number of H-pyrrole nitrogens is 1. The molecule has 2 heteroatoms. The summed E-state index contributed by atoms with van der Waals surface area (Å²) < 4.78 is 0. The van der Waals surface area contributed by atoms with Crippen LogP contribution in [0.4, 0.5) is 0 Å². The number of aromatic nitrogens is 1. The fraction of sp³-hybridized carbons (Fsp3) is 0.667. The van der Waals surface area contributed by atoms with Crippen LogP contribution in [0.3, 0.4) is 0 Å². The summed E-state index contributed by atoms with van der Waals surface area (Å²) in [5, 5.41) is 3.53. The number of rotatable bonds is 4. The summed E-state index contributed by atoms with van der Waals surface area (Å²) >= 11 is 0. The molecule has 1 heterocycles. The van der Waals surface area contributed by atoms with E-state index in [9.17, 15) is 0 Å². The van der Waals surface area contributed by atoms with Crippen LogP contribution in [-0.4, -0.2) is 11.5 Å². The Morgan fingerprint density at radius 2 is 2.43 bits per heavy atom. The molecule has 2 unspecified atom stereocenters. The molecule has 1 fully saturated rings. The lowest BCUT2D eigenvalue weighted by Gasteiger charge is -2.10. The molecule has 1 aromatic rings. The Bertz CT molecular complexity index is 253. The minimum Gasteiger partial charge on any atom is -0.367 e. The highest BCUT2D eigenvalue weighted by Crippen LogP contribution is 2.29. The molecule has 0 radical (unpaired) electrons. The minimum atomic E-state index is 0.920. The third-order valence-electron chi connectivity index (χ3n) is 3.23. The first-order valence-electron chi connectivity index (χ1n) is 5.67. The van der Waals surface area contributed by atoms with Crippen molar-refractivity contribution in [2.24, 2.45) is 11.8 Å². The molecule has 0 aromatic carbocycles. The maximum atomic E-state index is 3.53. The van der Waals surface area contributed by atoms with E-state index in [1.54, 1.807) is 0 Å². The molecule has 14 heavy (non-hydrogen) atoms. The second-order valence-corrected chi connectivity index (χ2v) is 4.63. The Morgan fingerprint density at radius 1 is 1.50 bits per heavy atom. The van der Waals surface area contributed by atoms with Crippen LogP contribution in [0.5, 0.6) is 0 Å². The van der Waals surface area contributed by atoms with Crippen molar-refractivity contribution in [1.82, 2.24) is 10.3 Å². The SMILES string of the molecule is CC1CCC(CNCc2cc[nH]c2)C1. The third kappa shape index (κ3) is 2.61. The van der Waals surface area contributed by atoms with Gasteiger partial charge in [0.2, 0.25) is 0 Å². The zero-order chi connectivity index (χ0) is 9.80. The first kappa shape index (κ1) is 9.78. The Balaban J connectivity index is 1.64. The van der Waals surface area contributed by atoms with Crippen LogP contribution in [0.15, 0.2) is 18.5 Å². The molecule has 1 aromatic heterocycles. The van der Waals surface area contributed by atoms with E-state index >= 15 is 0 Å². The minimum absolute atomic E-state index is 0.920. The topological polar surface area (TPSA) is 27.8 Å². The van der Waals surface area contributed by atoms with Gasteiger partial charge in [0.1, 0.15) is 0 Å². The molecular weight excluding hydrogens is 172 g/mol. The highest BCUT2D eigenvalue weighted by atomic mass is 14.9. The first-order valence-corrected chi connectivity index (χ1v) is 5.67. The van der Waals surface area contributed by atoms with Gasteiger partial charge in [0, 0.05) is 18.9 Å². The van der Waals surface area contributed by atoms with Crippen molar-refractivity contribution < 1.29 is 0 Å². The van der Waals surface area contributed by atoms with Crippen molar-refractivity contribution in [3.63, 3.8) is 0 Å². The molecule has 2 atom stereocenters. The quantitative estimate of drug-likeness (QED) is 0.754. The summed E-state index contributed by atoms with van der Waals surface area (Å²) in [7, 11) is 0. The highest BCUT2D eigenvalue weighted by molar-refractivity contribution is 5.07. The Hall–Kier alpha value is -0.760. The smallest absolute Gasteiger partial charge is 0.0220 e. The van der Waals surface area contributed by atoms with Crippen LogP contribution in [0.2, 0.25) is 0 Å². The van der Waals surface area contributed by atoms with E-state index in [4.69, 9.17) is 0 Å². The van der Waals surface area contributed by atoms with Crippen molar-refractivity contribution in [3.05, 3.63) is 24.0 Å². The fourth-order valence-corrected chi connectivity index (χ4v) is 2.40. The predicted molar refractivity (Wildman–Crippen MR) is 59.0 cm³/mol. The van der Waals surface area contributed by atoms with Crippen LogP contribution < -0.4 is 5.32 Å². The van der Waals surface area contributed by atoms with E-state index in [0.29, 0.717) is 0 Å². The molecule has 0 saturated heterocycles. The largest absolute Gasteiger partial charge is 0.367 e. The monoisotopic (exact) mass is 192 g/mol. The van der Waals surface area contributed by atoms with Crippen LogP contribution in [0.1, 0.15) is 31.7 Å². The van der Waals surface area contributed by atoms with Crippen molar-refractivity contribution in [2.75, 3.05) is 6.54 Å². The highest BCUT2D eigenvalue weighted by Gasteiger charge is 2.20. The molecule has 0 bridgehead atoms. The van der Waals surface area contributed by atoms with Gasteiger partial charge in [0.25, 0.3) is 0 Å². The van der Waals surface area contributed by atoms with Gasteiger partial charge in [-0.25, -0.2) is 0 Å². The third-order valence-corrected chi connectivity index (χ3v) is 3.23. The van der Waals surface area contributed by atoms with Crippen molar-refractivity contribution in [2.45, 2.75) is 32.7 Å². The van der Waals surface area contributed by atoms with E-state index in [0.717, 1.165) is 18.4 Å². The van der Waals surface area contributed by atoms with Gasteiger partial charge in [0.15, 0.2) is 0 Å². The van der Waals surface area contributed by atoms with Gasteiger partial charge in [-0.05, 0) is 42.9 Å². The number of nitrogens with one attached hydrogen (secondary N) is 2. The average Bonchev–Trinajstić information content (AvgIpc) is 2.77. The van der Waals surface area contributed by atoms with E-state index in [1.807, 2.05) is 6.20 Å². The molecule has 1 aliphatic carbocycles. The number of hydrogen-bond acceptors (Lipinski definition) is 1. The van der Waals surface area contributed by atoms with Gasteiger partial charge in [-0.15, -0.1) is 0 Å². The maximum Gasteiger partial charge on any atom is 0.0220 e. The van der Waals surface area contributed by atoms with E-state index in [2.05, 4.69) is 29.5 Å². The van der Waals surface area contributed by atoms with Gasteiger partial charge in [0.05, 0.1) is 0 Å². The normalized spacial score (nSPS) is 26.9. The summed E-state index contributed by atoms with van der Waals surface area (Å²) in [6.45, 7) is 4.57. The number of hydrogen-bond donors (Lipinski definition) is 2. The first-order chi connectivity index (χ1) is 6.84. The summed E-state index contributed by atoms with van der Waals surface area (Å²) in [6.07, 6.45) is 8.30.